The molecule has 104 valence electrons. The molecule has 2 aliphatic carbocycles. The van der Waals surface area contributed by atoms with E-state index in [0.29, 0.717) is 6.04 Å². The lowest BCUT2D eigenvalue weighted by Crippen LogP contribution is -2.34. The highest BCUT2D eigenvalue weighted by atomic mass is 16.5. The second kappa shape index (κ2) is 5.83. The van der Waals surface area contributed by atoms with Crippen molar-refractivity contribution in [2.75, 3.05) is 5.32 Å². The van der Waals surface area contributed by atoms with Crippen LogP contribution in [0.4, 0.5) is 5.69 Å². The monoisotopic (exact) mass is 261 g/mol. The Bertz CT molecular complexity index is 400. The molecule has 2 atom stereocenters. The van der Waals surface area contributed by atoms with Gasteiger partial charge in [-0.1, -0.05) is 6.42 Å². The van der Waals surface area contributed by atoms with Crippen molar-refractivity contribution < 1.29 is 9.84 Å². The Labute approximate surface area is 115 Å². The molecular formula is C16H23NO2. The Morgan fingerprint density at radius 2 is 1.68 bits per heavy atom. The summed E-state index contributed by atoms with van der Waals surface area (Å²) in [5.74, 6) is 0.866. The lowest BCUT2D eigenvalue weighted by molar-refractivity contribution is 0.00688. The molecule has 3 nitrogen and oxygen atoms in total. The molecule has 3 rings (SSSR count). The number of benzene rings is 1. The zero-order chi connectivity index (χ0) is 13.1. The van der Waals surface area contributed by atoms with Gasteiger partial charge in [0.2, 0.25) is 0 Å². The van der Waals surface area contributed by atoms with Gasteiger partial charge in [-0.05, 0) is 62.8 Å². The minimum Gasteiger partial charge on any atom is -0.488 e. The molecule has 3 heteroatoms. The van der Waals surface area contributed by atoms with Crippen LogP contribution in [0.3, 0.4) is 0 Å². The van der Waals surface area contributed by atoms with E-state index in [1.807, 2.05) is 12.1 Å². The fourth-order valence-electron chi connectivity index (χ4n) is 2.81. The maximum atomic E-state index is 9.91. The number of hydrogen-bond acceptors (Lipinski definition) is 3. The van der Waals surface area contributed by atoms with Crippen LogP contribution < -0.4 is 10.1 Å². The molecule has 0 radical (unpaired) electrons. The summed E-state index contributed by atoms with van der Waals surface area (Å²) in [5, 5.41) is 13.4. The van der Waals surface area contributed by atoms with Crippen LogP contribution in [0.25, 0.3) is 0 Å². The summed E-state index contributed by atoms with van der Waals surface area (Å²) in [5.41, 5.74) is 1.17. The molecule has 1 aromatic rings. The second-order valence-corrected chi connectivity index (χ2v) is 5.80. The van der Waals surface area contributed by atoms with E-state index in [-0.39, 0.29) is 12.2 Å². The van der Waals surface area contributed by atoms with Crippen LogP contribution in [0, 0.1) is 0 Å². The van der Waals surface area contributed by atoms with Gasteiger partial charge < -0.3 is 15.2 Å². The number of nitrogens with one attached hydrogen (secondary N) is 1. The first-order valence-corrected chi connectivity index (χ1v) is 7.52. The third-order valence-corrected chi connectivity index (χ3v) is 4.29. The number of anilines is 1. The van der Waals surface area contributed by atoms with Gasteiger partial charge >= 0.3 is 0 Å². The summed E-state index contributed by atoms with van der Waals surface area (Å²) >= 11 is 0. The summed E-state index contributed by atoms with van der Waals surface area (Å²) in [7, 11) is 0. The molecule has 2 aliphatic rings. The average Bonchev–Trinajstić information content (AvgIpc) is 2.38. The highest BCUT2D eigenvalue weighted by Gasteiger charge is 2.24. The predicted octanol–water partition coefficient (Wildman–Crippen LogP) is 3.33. The van der Waals surface area contributed by atoms with E-state index < -0.39 is 0 Å². The quantitative estimate of drug-likeness (QED) is 0.873. The van der Waals surface area contributed by atoms with Crippen molar-refractivity contribution in [3.8, 4) is 5.75 Å². The lowest BCUT2D eigenvalue weighted by Gasteiger charge is -2.29. The Kier molecular flexibility index (Phi) is 3.92. The van der Waals surface area contributed by atoms with E-state index >= 15 is 0 Å². The van der Waals surface area contributed by atoms with Gasteiger partial charge in [-0.3, -0.25) is 0 Å². The summed E-state index contributed by atoms with van der Waals surface area (Å²) in [6.07, 6.45) is 7.68. The van der Waals surface area contributed by atoms with Gasteiger partial charge in [-0.25, -0.2) is 0 Å². The second-order valence-electron chi connectivity index (χ2n) is 5.80. The van der Waals surface area contributed by atoms with Gasteiger partial charge in [0.1, 0.15) is 11.9 Å². The molecule has 0 bridgehead atoms. The zero-order valence-electron chi connectivity index (χ0n) is 11.3. The van der Waals surface area contributed by atoms with E-state index in [1.165, 1.54) is 24.9 Å². The summed E-state index contributed by atoms with van der Waals surface area (Å²) in [6, 6.07) is 8.81. The number of aliphatic hydroxyl groups is 1. The van der Waals surface area contributed by atoms with Crippen molar-refractivity contribution in [3.05, 3.63) is 24.3 Å². The van der Waals surface area contributed by atoms with Gasteiger partial charge in [-0.15, -0.1) is 0 Å². The normalized spacial score (nSPS) is 27.6. The molecule has 2 N–H and O–H groups in total. The zero-order valence-corrected chi connectivity index (χ0v) is 11.3. The van der Waals surface area contributed by atoms with Crippen molar-refractivity contribution >= 4 is 5.69 Å². The Morgan fingerprint density at radius 1 is 0.947 bits per heavy atom. The molecule has 0 amide bonds. The van der Waals surface area contributed by atoms with Gasteiger partial charge in [0.15, 0.2) is 0 Å². The molecule has 2 saturated carbocycles. The van der Waals surface area contributed by atoms with Gasteiger partial charge in [-0.2, -0.15) is 0 Å². The molecule has 0 aliphatic heterocycles. The van der Waals surface area contributed by atoms with Crippen LogP contribution in [-0.2, 0) is 0 Å². The summed E-state index contributed by atoms with van der Waals surface area (Å²) in [4.78, 5) is 0. The van der Waals surface area contributed by atoms with E-state index in [9.17, 15) is 5.11 Å². The smallest absolute Gasteiger partial charge is 0.124 e. The molecule has 1 aromatic carbocycles. The largest absolute Gasteiger partial charge is 0.488 e. The van der Waals surface area contributed by atoms with E-state index in [4.69, 9.17) is 4.74 Å². The summed E-state index contributed by atoms with van der Waals surface area (Å²) < 4.78 is 5.89. The highest BCUT2D eigenvalue weighted by Crippen LogP contribution is 2.27. The fourth-order valence-corrected chi connectivity index (χ4v) is 2.81. The molecule has 2 fully saturated rings. The van der Waals surface area contributed by atoms with Crippen LogP contribution in [0.2, 0.25) is 0 Å². The molecule has 0 spiro atoms. The van der Waals surface area contributed by atoms with Crippen molar-refractivity contribution in [2.24, 2.45) is 0 Å². The van der Waals surface area contributed by atoms with Crippen LogP contribution in [0.5, 0.6) is 5.75 Å². The number of hydrogen-bond donors (Lipinski definition) is 2. The van der Waals surface area contributed by atoms with Gasteiger partial charge in [0, 0.05) is 11.7 Å². The Balaban J connectivity index is 1.55. The maximum absolute atomic E-state index is 9.91. The van der Waals surface area contributed by atoms with Crippen molar-refractivity contribution in [2.45, 2.75) is 63.2 Å². The van der Waals surface area contributed by atoms with Crippen molar-refractivity contribution in [3.63, 3.8) is 0 Å². The topological polar surface area (TPSA) is 41.5 Å². The van der Waals surface area contributed by atoms with E-state index in [1.54, 1.807) is 0 Å². The average molecular weight is 261 g/mol. The number of aliphatic hydroxyl groups excluding tert-OH is 1. The Morgan fingerprint density at radius 3 is 2.32 bits per heavy atom. The van der Waals surface area contributed by atoms with E-state index in [2.05, 4.69) is 17.4 Å². The lowest BCUT2D eigenvalue weighted by atomic mass is 9.93. The molecule has 2 unspecified atom stereocenters. The molecule has 0 saturated heterocycles. The van der Waals surface area contributed by atoms with Crippen LogP contribution >= 0.6 is 0 Å². The molecule has 0 heterocycles. The van der Waals surface area contributed by atoms with Gasteiger partial charge in [0.05, 0.1) is 6.10 Å². The molecular weight excluding hydrogens is 238 g/mol. The van der Waals surface area contributed by atoms with Gasteiger partial charge in [0.25, 0.3) is 0 Å². The molecule has 19 heavy (non-hydrogen) atoms. The fraction of sp³-hybridized carbons (Fsp3) is 0.625. The highest BCUT2D eigenvalue weighted by molar-refractivity contribution is 5.47. The van der Waals surface area contributed by atoms with Crippen molar-refractivity contribution in [1.82, 2.24) is 0 Å². The SMILES string of the molecule is OC1CCCCC1Oc1ccc(NC2CCC2)cc1. The first kappa shape index (κ1) is 12.8. The predicted molar refractivity (Wildman–Crippen MR) is 76.6 cm³/mol. The first-order valence-electron chi connectivity index (χ1n) is 7.52. The van der Waals surface area contributed by atoms with Crippen LogP contribution in [-0.4, -0.2) is 23.4 Å². The maximum Gasteiger partial charge on any atom is 0.124 e. The minimum atomic E-state index is -0.304. The molecule has 0 aromatic heterocycles. The van der Waals surface area contributed by atoms with Crippen molar-refractivity contribution in [1.29, 1.82) is 0 Å². The summed E-state index contributed by atoms with van der Waals surface area (Å²) in [6.45, 7) is 0. The first-order chi connectivity index (χ1) is 9.31. The number of rotatable bonds is 4. The van der Waals surface area contributed by atoms with Crippen LogP contribution in [0.15, 0.2) is 24.3 Å². The standard InChI is InChI=1S/C16H23NO2/c18-15-6-1-2-7-16(15)19-14-10-8-13(9-11-14)17-12-4-3-5-12/h8-12,15-18H,1-7H2. The van der Waals surface area contributed by atoms with E-state index in [0.717, 1.165) is 31.4 Å². The third kappa shape index (κ3) is 3.21. The minimum absolute atomic E-state index is 0.0285. The Hall–Kier alpha value is -1.22. The number of ether oxygens (including phenoxy) is 1. The van der Waals surface area contributed by atoms with Crippen LogP contribution in [0.1, 0.15) is 44.9 Å². The third-order valence-electron chi connectivity index (χ3n) is 4.29.